The zero-order valence-electron chi connectivity index (χ0n) is 17.2. The lowest BCUT2D eigenvalue weighted by atomic mass is 9.78. The number of anilines is 1. The maximum absolute atomic E-state index is 13.3. The number of hydrogen-bond acceptors (Lipinski definition) is 4. The van der Waals surface area contributed by atoms with Gasteiger partial charge in [-0.15, -0.1) is 0 Å². The summed E-state index contributed by atoms with van der Waals surface area (Å²) in [7, 11) is 0. The minimum atomic E-state index is -1.06. The Balaban J connectivity index is 1.46. The Hall–Kier alpha value is -3.45. The lowest BCUT2D eigenvalue weighted by molar-refractivity contribution is -0.131. The van der Waals surface area contributed by atoms with Gasteiger partial charge in [-0.1, -0.05) is 73.5 Å². The number of carbonyl (C=O) groups is 2. The third-order valence-electron chi connectivity index (χ3n) is 5.94. The largest absolute Gasteiger partial charge is 0.394 e. The van der Waals surface area contributed by atoms with Crippen molar-refractivity contribution in [3.8, 4) is 11.3 Å². The Morgan fingerprint density at radius 2 is 1.68 bits per heavy atom. The average Bonchev–Trinajstić information content (AvgIpc) is 3.49. The second kappa shape index (κ2) is 9.14. The number of aromatic amines is 1. The van der Waals surface area contributed by atoms with Crippen LogP contribution >= 0.6 is 0 Å². The molecule has 1 aliphatic rings. The molecule has 1 unspecified atom stereocenters. The number of aromatic nitrogens is 2. The Morgan fingerprint density at radius 3 is 2.32 bits per heavy atom. The molecule has 0 aliphatic heterocycles. The van der Waals surface area contributed by atoms with Crippen molar-refractivity contribution in [2.24, 2.45) is 0 Å². The van der Waals surface area contributed by atoms with Crippen LogP contribution in [0.5, 0.6) is 0 Å². The van der Waals surface area contributed by atoms with Crippen LogP contribution in [0.1, 0.15) is 31.2 Å². The molecule has 1 heterocycles. The van der Waals surface area contributed by atoms with Gasteiger partial charge in [0, 0.05) is 6.07 Å². The molecule has 0 saturated heterocycles. The van der Waals surface area contributed by atoms with Gasteiger partial charge in [-0.25, -0.2) is 0 Å². The molecule has 2 amide bonds. The van der Waals surface area contributed by atoms with E-state index in [1.807, 2.05) is 60.7 Å². The first-order valence-electron chi connectivity index (χ1n) is 10.5. The molecule has 0 bridgehead atoms. The van der Waals surface area contributed by atoms with Crippen molar-refractivity contribution in [1.29, 1.82) is 0 Å². The number of aliphatic hydroxyl groups is 1. The highest BCUT2D eigenvalue weighted by molar-refractivity contribution is 5.99. The standard InChI is InChI=1S/C24H26N4O3/c29-16-20(22(30)26-21-15-19(27-28-21)17-9-3-1-4-10-17)25-23(31)24(13-7-8-14-24)18-11-5-2-6-12-18/h1-6,9-12,15,20,29H,7-8,13-14,16H2,(H,25,31)(H2,26,27,28,30). The molecular formula is C24H26N4O3. The summed E-state index contributed by atoms with van der Waals surface area (Å²) in [6.07, 6.45) is 3.35. The molecule has 0 radical (unpaired) electrons. The van der Waals surface area contributed by atoms with Gasteiger partial charge < -0.3 is 15.7 Å². The maximum atomic E-state index is 13.3. The first-order valence-corrected chi connectivity index (χ1v) is 10.5. The normalized spacial score (nSPS) is 15.9. The molecule has 1 saturated carbocycles. The van der Waals surface area contributed by atoms with Gasteiger partial charge in [-0.05, 0) is 24.0 Å². The van der Waals surface area contributed by atoms with E-state index in [0.29, 0.717) is 5.82 Å². The average molecular weight is 418 g/mol. The highest BCUT2D eigenvalue weighted by atomic mass is 16.3. The minimum Gasteiger partial charge on any atom is -0.394 e. The van der Waals surface area contributed by atoms with Gasteiger partial charge in [0.15, 0.2) is 5.82 Å². The number of hydrogen-bond donors (Lipinski definition) is 4. The van der Waals surface area contributed by atoms with Gasteiger partial charge in [0.2, 0.25) is 5.91 Å². The fourth-order valence-electron chi connectivity index (χ4n) is 4.24. The van der Waals surface area contributed by atoms with Crippen molar-refractivity contribution in [2.45, 2.75) is 37.1 Å². The number of rotatable bonds is 7. The highest BCUT2D eigenvalue weighted by Gasteiger charge is 2.43. The number of benzene rings is 2. The number of nitrogens with zero attached hydrogens (tertiary/aromatic N) is 1. The zero-order valence-corrected chi connectivity index (χ0v) is 17.2. The van der Waals surface area contributed by atoms with Crippen molar-refractivity contribution in [3.63, 3.8) is 0 Å². The fourth-order valence-corrected chi connectivity index (χ4v) is 4.24. The summed E-state index contributed by atoms with van der Waals surface area (Å²) < 4.78 is 0. The van der Waals surface area contributed by atoms with E-state index in [0.717, 1.165) is 42.5 Å². The zero-order chi connectivity index (χ0) is 21.7. The Kier molecular flexibility index (Phi) is 6.13. The molecule has 2 aromatic carbocycles. The van der Waals surface area contributed by atoms with E-state index in [2.05, 4.69) is 20.8 Å². The molecule has 1 aromatic heterocycles. The van der Waals surface area contributed by atoms with E-state index in [1.54, 1.807) is 6.07 Å². The van der Waals surface area contributed by atoms with Crippen molar-refractivity contribution in [3.05, 3.63) is 72.3 Å². The molecule has 1 aliphatic carbocycles. The summed E-state index contributed by atoms with van der Waals surface area (Å²) in [5.41, 5.74) is 1.98. The number of carbonyl (C=O) groups excluding carboxylic acids is 2. The summed E-state index contributed by atoms with van der Waals surface area (Å²) in [6.45, 7) is -0.502. The van der Waals surface area contributed by atoms with E-state index in [4.69, 9.17) is 0 Å². The SMILES string of the molecule is O=C(Nc1cc(-c2ccccc2)[nH]n1)C(CO)NC(=O)C1(c2ccccc2)CCCC1. The van der Waals surface area contributed by atoms with Gasteiger partial charge in [0.25, 0.3) is 5.91 Å². The molecule has 4 N–H and O–H groups in total. The van der Waals surface area contributed by atoms with Crippen LogP contribution in [0.4, 0.5) is 5.82 Å². The van der Waals surface area contributed by atoms with Gasteiger partial charge in [0.05, 0.1) is 17.7 Å². The van der Waals surface area contributed by atoms with Crippen LogP contribution in [0, 0.1) is 0 Å². The second-order valence-corrected chi connectivity index (χ2v) is 7.89. The van der Waals surface area contributed by atoms with E-state index in [-0.39, 0.29) is 5.91 Å². The molecular weight excluding hydrogens is 392 g/mol. The minimum absolute atomic E-state index is 0.225. The summed E-state index contributed by atoms with van der Waals surface area (Å²) in [4.78, 5) is 26.0. The first-order chi connectivity index (χ1) is 15.1. The van der Waals surface area contributed by atoms with Crippen LogP contribution in [0.2, 0.25) is 0 Å². The van der Waals surface area contributed by atoms with E-state index in [9.17, 15) is 14.7 Å². The third kappa shape index (κ3) is 4.36. The fraction of sp³-hybridized carbons (Fsp3) is 0.292. The van der Waals surface area contributed by atoms with Crippen LogP contribution in [-0.4, -0.2) is 39.8 Å². The van der Waals surface area contributed by atoms with Crippen molar-refractivity contribution < 1.29 is 14.7 Å². The van der Waals surface area contributed by atoms with Crippen LogP contribution < -0.4 is 10.6 Å². The lowest BCUT2D eigenvalue weighted by Gasteiger charge is -2.30. The Labute approximate surface area is 180 Å². The highest BCUT2D eigenvalue weighted by Crippen LogP contribution is 2.41. The van der Waals surface area contributed by atoms with Gasteiger partial charge >= 0.3 is 0 Å². The number of amides is 2. The molecule has 4 rings (SSSR count). The number of H-pyrrole nitrogens is 1. The molecule has 160 valence electrons. The van der Waals surface area contributed by atoms with Gasteiger partial charge in [-0.2, -0.15) is 5.10 Å². The van der Waals surface area contributed by atoms with Crippen molar-refractivity contribution >= 4 is 17.6 Å². The van der Waals surface area contributed by atoms with Crippen LogP contribution in [0.25, 0.3) is 11.3 Å². The topological polar surface area (TPSA) is 107 Å². The van der Waals surface area contributed by atoms with Crippen LogP contribution in [0.3, 0.4) is 0 Å². The van der Waals surface area contributed by atoms with E-state index >= 15 is 0 Å². The third-order valence-corrected chi connectivity index (χ3v) is 5.94. The second-order valence-electron chi connectivity index (χ2n) is 7.89. The smallest absolute Gasteiger partial charge is 0.250 e. The Morgan fingerprint density at radius 1 is 1.03 bits per heavy atom. The van der Waals surface area contributed by atoms with Gasteiger partial charge in [0.1, 0.15) is 6.04 Å². The van der Waals surface area contributed by atoms with Crippen molar-refractivity contribution in [2.75, 3.05) is 11.9 Å². The predicted octanol–water partition coefficient (Wildman–Crippen LogP) is 3.00. The maximum Gasteiger partial charge on any atom is 0.250 e. The van der Waals surface area contributed by atoms with Gasteiger partial charge in [-0.3, -0.25) is 14.7 Å². The molecule has 0 spiro atoms. The molecule has 3 aromatic rings. The van der Waals surface area contributed by atoms with E-state index in [1.165, 1.54) is 0 Å². The summed E-state index contributed by atoms with van der Waals surface area (Å²) in [6, 6.07) is 19.9. The monoisotopic (exact) mass is 418 g/mol. The molecule has 7 nitrogen and oxygen atoms in total. The van der Waals surface area contributed by atoms with Crippen LogP contribution in [-0.2, 0) is 15.0 Å². The molecule has 1 fully saturated rings. The van der Waals surface area contributed by atoms with E-state index < -0.39 is 24.0 Å². The van der Waals surface area contributed by atoms with Crippen molar-refractivity contribution in [1.82, 2.24) is 15.5 Å². The Bertz CT molecular complexity index is 1030. The summed E-state index contributed by atoms with van der Waals surface area (Å²) in [5, 5.41) is 22.2. The first kappa shape index (κ1) is 20.8. The summed E-state index contributed by atoms with van der Waals surface area (Å²) >= 11 is 0. The van der Waals surface area contributed by atoms with Crippen LogP contribution in [0.15, 0.2) is 66.7 Å². The number of nitrogens with one attached hydrogen (secondary N) is 3. The predicted molar refractivity (Wildman–Crippen MR) is 118 cm³/mol. The molecule has 31 heavy (non-hydrogen) atoms. The quantitative estimate of drug-likeness (QED) is 0.473. The molecule has 7 heteroatoms. The number of aliphatic hydroxyl groups excluding tert-OH is 1. The summed E-state index contributed by atoms with van der Waals surface area (Å²) in [5.74, 6) is -0.407. The lowest BCUT2D eigenvalue weighted by Crippen LogP contribution is -2.52. The molecule has 1 atom stereocenters.